The van der Waals surface area contributed by atoms with Gasteiger partial charge in [0.1, 0.15) is 0 Å². The number of hydrogen-bond donors (Lipinski definition) is 4. The molecule has 0 radical (unpaired) electrons. The van der Waals surface area contributed by atoms with Gasteiger partial charge in [0.25, 0.3) is 0 Å². The van der Waals surface area contributed by atoms with Crippen molar-refractivity contribution in [1.29, 1.82) is 0 Å². The number of carboxylic acid groups (broad SMARTS) is 3. The Morgan fingerprint density at radius 2 is 1.31 bits per heavy atom. The number of aliphatic carboxylic acids is 3. The first kappa shape index (κ1) is 11.4. The molecule has 0 aromatic heterocycles. The summed E-state index contributed by atoms with van der Waals surface area (Å²) in [5.74, 6) is -5.02. The molecule has 4 N–H and O–H groups in total. The minimum absolute atomic E-state index is 1.14. The van der Waals surface area contributed by atoms with Crippen molar-refractivity contribution < 1.29 is 34.8 Å². The molecule has 0 aliphatic rings. The molecule has 74 valence electrons. The molecule has 0 saturated carbocycles. The molecule has 0 aliphatic carbocycles. The Kier molecular flexibility index (Phi) is 3.37. The van der Waals surface area contributed by atoms with Crippen LogP contribution in [0.1, 0.15) is 12.8 Å². The van der Waals surface area contributed by atoms with E-state index in [-0.39, 0.29) is 0 Å². The van der Waals surface area contributed by atoms with Crippen LogP contribution in [-0.2, 0) is 14.4 Å². The maximum absolute atomic E-state index is 10.3. The van der Waals surface area contributed by atoms with Crippen molar-refractivity contribution in [2.45, 2.75) is 18.4 Å². The van der Waals surface area contributed by atoms with Crippen LogP contribution in [0.25, 0.3) is 0 Å². The summed E-state index contributed by atoms with van der Waals surface area (Å²) in [5, 5.41) is 33.8. The third kappa shape index (κ3) is 3.52. The van der Waals surface area contributed by atoms with Crippen molar-refractivity contribution in [3.63, 3.8) is 0 Å². The molecule has 0 aromatic carbocycles. The zero-order valence-corrected chi connectivity index (χ0v) is 6.43. The largest absolute Gasteiger partial charge is 0.481 e. The van der Waals surface area contributed by atoms with Gasteiger partial charge in [-0.3, -0.25) is 9.59 Å². The molecule has 0 fully saturated rings. The number of aliphatic hydroxyl groups is 1. The lowest BCUT2D eigenvalue weighted by Crippen LogP contribution is -2.42. The number of rotatable bonds is 5. The summed E-state index contributed by atoms with van der Waals surface area (Å²) in [6.07, 6.45) is -2.29. The standard InChI is InChI=1S/C6H8O7/c7-3(8)1-6(13,5(11)12)2-4(9)10/h13H,1-2H2,(H,7,8)(H,9,10)(H,11,12)/i3+1,13+2. The molecular formula is C6H8O7. The summed E-state index contributed by atoms with van der Waals surface area (Å²) in [7, 11) is 0. The van der Waals surface area contributed by atoms with E-state index in [4.69, 9.17) is 20.4 Å². The predicted molar refractivity (Wildman–Crippen MR) is 37.1 cm³/mol. The second-order valence-corrected chi connectivity index (χ2v) is 2.48. The summed E-state index contributed by atoms with van der Waals surface area (Å²) < 4.78 is 0. The van der Waals surface area contributed by atoms with E-state index in [0.29, 0.717) is 0 Å². The normalized spacial score (nSPS) is 14.5. The lowest BCUT2D eigenvalue weighted by Gasteiger charge is -2.18. The molecular weight excluding hydrogens is 187 g/mol. The van der Waals surface area contributed by atoms with Gasteiger partial charge < -0.3 is 20.4 Å². The van der Waals surface area contributed by atoms with E-state index in [0.717, 1.165) is 0 Å². The Balaban J connectivity index is 4.62. The summed E-state index contributed by atoms with van der Waals surface area (Å²) in [6, 6.07) is 0. The molecule has 0 aromatic rings. The average Bonchev–Trinajstić information content (AvgIpc) is 1.82. The van der Waals surface area contributed by atoms with E-state index in [1.165, 1.54) is 0 Å². The summed E-state index contributed by atoms with van der Waals surface area (Å²) in [5.41, 5.74) is -2.74. The molecule has 0 spiro atoms. The summed E-state index contributed by atoms with van der Waals surface area (Å²) in [6.45, 7) is 0. The lowest BCUT2D eigenvalue weighted by atomic mass is 10.0. The van der Waals surface area contributed by atoms with Gasteiger partial charge in [-0.1, -0.05) is 0 Å². The minimum atomic E-state index is -2.74. The molecule has 0 bridgehead atoms. The fourth-order valence-corrected chi connectivity index (χ4v) is 0.714. The molecule has 0 heterocycles. The summed E-state index contributed by atoms with van der Waals surface area (Å²) >= 11 is 0. The van der Waals surface area contributed by atoms with E-state index < -0.39 is 36.4 Å². The van der Waals surface area contributed by atoms with E-state index in [1.54, 1.807) is 0 Å². The van der Waals surface area contributed by atoms with Crippen LogP contribution >= 0.6 is 0 Å². The van der Waals surface area contributed by atoms with E-state index >= 15 is 0 Å². The zero-order valence-electron chi connectivity index (χ0n) is 6.43. The molecule has 13 heavy (non-hydrogen) atoms. The molecule has 7 nitrogen and oxygen atoms in total. The Labute approximate surface area is 72.2 Å². The van der Waals surface area contributed by atoms with Crippen LogP contribution in [0.3, 0.4) is 0 Å². The highest BCUT2D eigenvalue weighted by molar-refractivity contribution is 5.88. The first-order chi connectivity index (χ1) is 5.78. The highest BCUT2D eigenvalue weighted by Crippen LogP contribution is 2.15. The molecule has 1 unspecified atom stereocenters. The van der Waals surface area contributed by atoms with Crippen molar-refractivity contribution in [2.75, 3.05) is 0 Å². The van der Waals surface area contributed by atoms with Gasteiger partial charge in [0.2, 0.25) is 0 Å². The van der Waals surface area contributed by atoms with Crippen molar-refractivity contribution in [2.24, 2.45) is 0 Å². The van der Waals surface area contributed by atoms with Crippen molar-refractivity contribution in [1.82, 2.24) is 0 Å². The smallest absolute Gasteiger partial charge is 0.336 e. The second-order valence-electron chi connectivity index (χ2n) is 2.48. The molecule has 0 amide bonds. The third-order valence-corrected chi connectivity index (χ3v) is 1.29. The van der Waals surface area contributed by atoms with Gasteiger partial charge in [-0.15, -0.1) is 0 Å². The van der Waals surface area contributed by atoms with Gasteiger partial charge in [0.05, 0.1) is 12.8 Å². The fourth-order valence-electron chi connectivity index (χ4n) is 0.714. The number of hydrogen-bond acceptors (Lipinski definition) is 4. The SMILES string of the molecule is O=C(O)CC([18OH])(C[13C](=O)O)C(=O)O. The van der Waals surface area contributed by atoms with Gasteiger partial charge in [0.15, 0.2) is 5.60 Å². The van der Waals surface area contributed by atoms with Gasteiger partial charge in [0, 0.05) is 0 Å². The van der Waals surface area contributed by atoms with Crippen LogP contribution in [0.2, 0.25) is 0 Å². The van der Waals surface area contributed by atoms with Crippen molar-refractivity contribution in [3.8, 4) is 0 Å². The molecule has 0 saturated heterocycles. The van der Waals surface area contributed by atoms with Gasteiger partial charge in [-0.2, -0.15) is 0 Å². The maximum Gasteiger partial charge on any atom is 0.336 e. The van der Waals surface area contributed by atoms with Crippen LogP contribution in [0, 0.1) is 0 Å². The van der Waals surface area contributed by atoms with E-state index in [9.17, 15) is 14.4 Å². The first-order valence-corrected chi connectivity index (χ1v) is 3.17. The highest BCUT2D eigenvalue weighted by Gasteiger charge is 2.40. The number of carbonyl (C=O) groups is 3. The Morgan fingerprint density at radius 1 is 1.00 bits per heavy atom. The topological polar surface area (TPSA) is 132 Å². The molecule has 7 heteroatoms. The van der Waals surface area contributed by atoms with Crippen LogP contribution in [-0.4, -0.2) is 43.9 Å². The van der Waals surface area contributed by atoms with E-state index in [2.05, 4.69) is 0 Å². The predicted octanol–water partition coefficient (Wildman–Crippen LogP) is -1.25. The van der Waals surface area contributed by atoms with E-state index in [1.807, 2.05) is 0 Å². The Bertz CT molecular complexity index is 227. The molecule has 1 atom stereocenters. The first-order valence-electron chi connectivity index (χ1n) is 3.17. The number of carboxylic acids is 3. The van der Waals surface area contributed by atoms with Crippen molar-refractivity contribution >= 4 is 17.9 Å². The van der Waals surface area contributed by atoms with Crippen LogP contribution < -0.4 is 0 Å². The van der Waals surface area contributed by atoms with Crippen LogP contribution in [0.5, 0.6) is 0 Å². The van der Waals surface area contributed by atoms with Gasteiger partial charge in [-0.05, 0) is 0 Å². The zero-order chi connectivity index (χ0) is 10.6. The fraction of sp³-hybridized carbons (Fsp3) is 0.500. The average molecular weight is 195 g/mol. The Morgan fingerprint density at radius 3 is 1.46 bits per heavy atom. The maximum atomic E-state index is 10.3. The molecule has 0 rings (SSSR count). The molecule has 0 aliphatic heterocycles. The van der Waals surface area contributed by atoms with Gasteiger partial charge >= 0.3 is 17.9 Å². The Hall–Kier alpha value is -1.63. The quantitative estimate of drug-likeness (QED) is 0.318. The van der Waals surface area contributed by atoms with Crippen LogP contribution in [0.15, 0.2) is 0 Å². The summed E-state index contributed by atoms with van der Waals surface area (Å²) in [4.78, 5) is 30.5. The third-order valence-electron chi connectivity index (χ3n) is 1.29. The minimum Gasteiger partial charge on any atom is -0.481 e. The second kappa shape index (κ2) is 3.85. The van der Waals surface area contributed by atoms with Crippen molar-refractivity contribution in [3.05, 3.63) is 0 Å². The monoisotopic (exact) mass is 195 g/mol. The van der Waals surface area contributed by atoms with Gasteiger partial charge in [-0.25, -0.2) is 4.79 Å². The van der Waals surface area contributed by atoms with Crippen LogP contribution in [0.4, 0.5) is 0 Å². The lowest BCUT2D eigenvalue weighted by molar-refractivity contribution is -0.170. The highest BCUT2D eigenvalue weighted by atomic mass is 18.2.